The van der Waals surface area contributed by atoms with Crippen LogP contribution in [0.25, 0.3) is 0 Å². The van der Waals surface area contributed by atoms with E-state index in [1.54, 1.807) is 6.08 Å². The van der Waals surface area contributed by atoms with E-state index in [9.17, 15) is 24.9 Å². The monoisotopic (exact) mass is 290 g/mol. The number of allylic oxidation sites excluding steroid dienone is 1. The Hall–Kier alpha value is -2.34. The van der Waals surface area contributed by atoms with Gasteiger partial charge in [0.2, 0.25) is 11.6 Å². The van der Waals surface area contributed by atoms with Crippen molar-refractivity contribution < 1.29 is 29.6 Å². The zero-order valence-electron chi connectivity index (χ0n) is 11.0. The van der Waals surface area contributed by atoms with Crippen LogP contribution in [0.2, 0.25) is 0 Å². The van der Waals surface area contributed by atoms with Crippen molar-refractivity contribution in [3.05, 3.63) is 29.8 Å². The number of hydrogen-bond donors (Lipinski definition) is 3. The molecule has 3 rings (SSSR count). The number of aliphatic hydroxyl groups is 1. The first-order chi connectivity index (χ1) is 9.95. The predicted molar refractivity (Wildman–Crippen MR) is 71.2 cm³/mol. The summed E-state index contributed by atoms with van der Waals surface area (Å²) in [6.45, 7) is 0. The van der Waals surface area contributed by atoms with Gasteiger partial charge < -0.3 is 20.1 Å². The van der Waals surface area contributed by atoms with Crippen molar-refractivity contribution in [2.45, 2.75) is 25.0 Å². The molecule has 0 spiro atoms. The standard InChI is InChI=1S/C15H14O6/c16-8-4-11(18)9-6-13(20)15(21-14(9)5-8)7-1-2-10(17)12(19)3-7/h1-2,4-5,7,13,15-16,18,20H,3,6H2/t7?,13-,15-/m1/s1. The lowest BCUT2D eigenvalue weighted by Gasteiger charge is -2.35. The van der Waals surface area contributed by atoms with Gasteiger partial charge in [-0.3, -0.25) is 9.59 Å². The van der Waals surface area contributed by atoms with Crippen molar-refractivity contribution in [3.8, 4) is 17.2 Å². The molecule has 0 saturated carbocycles. The van der Waals surface area contributed by atoms with E-state index in [2.05, 4.69) is 0 Å². The Morgan fingerprint density at radius 2 is 1.90 bits per heavy atom. The Morgan fingerprint density at radius 3 is 2.62 bits per heavy atom. The Labute approximate surface area is 120 Å². The van der Waals surface area contributed by atoms with Crippen LogP contribution in [0.1, 0.15) is 12.0 Å². The van der Waals surface area contributed by atoms with E-state index < -0.39 is 29.7 Å². The van der Waals surface area contributed by atoms with Gasteiger partial charge in [-0.05, 0) is 6.08 Å². The number of aromatic hydroxyl groups is 2. The second kappa shape index (κ2) is 4.89. The second-order valence-corrected chi connectivity index (χ2v) is 5.31. The number of benzene rings is 1. The molecule has 1 unspecified atom stereocenters. The van der Waals surface area contributed by atoms with Crippen molar-refractivity contribution in [1.29, 1.82) is 0 Å². The van der Waals surface area contributed by atoms with E-state index in [-0.39, 0.29) is 30.1 Å². The van der Waals surface area contributed by atoms with E-state index >= 15 is 0 Å². The fourth-order valence-electron chi connectivity index (χ4n) is 2.76. The first kappa shape index (κ1) is 13.6. The SMILES string of the molecule is O=C1C=CC([C@H]2Oc3cc(O)cc(O)c3C[C@H]2O)CC1=O. The van der Waals surface area contributed by atoms with Gasteiger partial charge >= 0.3 is 0 Å². The molecule has 0 amide bonds. The Bertz CT molecular complexity index is 648. The first-order valence-corrected chi connectivity index (χ1v) is 6.60. The minimum absolute atomic E-state index is 0.0167. The highest BCUT2D eigenvalue weighted by Gasteiger charge is 2.38. The van der Waals surface area contributed by atoms with E-state index in [0.717, 1.165) is 0 Å². The third kappa shape index (κ3) is 2.38. The van der Waals surface area contributed by atoms with Crippen LogP contribution in [0.4, 0.5) is 0 Å². The predicted octanol–water partition coefficient (Wildman–Crippen LogP) is 0.476. The molecule has 6 heteroatoms. The third-order valence-corrected chi connectivity index (χ3v) is 3.84. The lowest BCUT2D eigenvalue weighted by Crippen LogP contribution is -2.44. The molecule has 1 heterocycles. The Kier molecular flexibility index (Phi) is 3.17. The third-order valence-electron chi connectivity index (χ3n) is 3.84. The van der Waals surface area contributed by atoms with Gasteiger partial charge in [0, 0.05) is 36.5 Å². The largest absolute Gasteiger partial charge is 0.508 e. The van der Waals surface area contributed by atoms with Gasteiger partial charge in [0.05, 0.1) is 6.10 Å². The van der Waals surface area contributed by atoms with Gasteiger partial charge in [-0.25, -0.2) is 0 Å². The fraction of sp³-hybridized carbons (Fsp3) is 0.333. The molecule has 3 N–H and O–H groups in total. The zero-order chi connectivity index (χ0) is 15.1. The Morgan fingerprint density at radius 1 is 1.14 bits per heavy atom. The zero-order valence-corrected chi connectivity index (χ0v) is 11.0. The van der Waals surface area contributed by atoms with Crippen LogP contribution in [-0.2, 0) is 16.0 Å². The smallest absolute Gasteiger partial charge is 0.221 e. The molecule has 6 nitrogen and oxygen atoms in total. The van der Waals surface area contributed by atoms with E-state index in [4.69, 9.17) is 4.74 Å². The molecule has 21 heavy (non-hydrogen) atoms. The molecule has 2 aliphatic rings. The fourth-order valence-corrected chi connectivity index (χ4v) is 2.76. The molecule has 0 saturated heterocycles. The maximum absolute atomic E-state index is 11.5. The summed E-state index contributed by atoms with van der Waals surface area (Å²) in [5, 5.41) is 29.4. The van der Waals surface area contributed by atoms with Gasteiger partial charge in [-0.1, -0.05) is 6.08 Å². The molecule has 3 atom stereocenters. The molecule has 0 bridgehead atoms. The normalized spacial score (nSPS) is 28.1. The average Bonchev–Trinajstić information content (AvgIpc) is 2.42. The van der Waals surface area contributed by atoms with Crippen LogP contribution >= 0.6 is 0 Å². The number of ether oxygens (including phenoxy) is 1. The van der Waals surface area contributed by atoms with Crippen molar-refractivity contribution in [1.82, 2.24) is 0 Å². The van der Waals surface area contributed by atoms with Crippen LogP contribution in [-0.4, -0.2) is 39.1 Å². The summed E-state index contributed by atoms with van der Waals surface area (Å²) >= 11 is 0. The summed E-state index contributed by atoms with van der Waals surface area (Å²) in [6.07, 6.45) is 1.28. The quantitative estimate of drug-likeness (QED) is 0.650. The minimum atomic E-state index is -0.913. The van der Waals surface area contributed by atoms with Gasteiger partial charge in [0.1, 0.15) is 23.4 Å². The maximum Gasteiger partial charge on any atom is 0.221 e. The molecule has 1 aliphatic carbocycles. The van der Waals surface area contributed by atoms with Crippen molar-refractivity contribution in [2.75, 3.05) is 0 Å². The highest BCUT2D eigenvalue weighted by Crippen LogP contribution is 2.40. The molecule has 1 aliphatic heterocycles. The second-order valence-electron chi connectivity index (χ2n) is 5.31. The number of ketones is 2. The lowest BCUT2D eigenvalue weighted by molar-refractivity contribution is -0.135. The van der Waals surface area contributed by atoms with Crippen LogP contribution < -0.4 is 4.74 Å². The number of phenolic OH excluding ortho intramolecular Hbond substituents is 2. The molecule has 0 radical (unpaired) electrons. The minimum Gasteiger partial charge on any atom is -0.508 e. The maximum atomic E-state index is 11.5. The summed E-state index contributed by atoms with van der Waals surface area (Å²) in [7, 11) is 0. The number of carbonyl (C=O) groups excluding carboxylic acids is 2. The van der Waals surface area contributed by atoms with E-state index in [1.807, 2.05) is 0 Å². The summed E-state index contributed by atoms with van der Waals surface area (Å²) in [4.78, 5) is 22.7. The number of rotatable bonds is 1. The highest BCUT2D eigenvalue weighted by atomic mass is 16.5. The first-order valence-electron chi connectivity index (χ1n) is 6.60. The van der Waals surface area contributed by atoms with Gasteiger partial charge in [0.15, 0.2) is 0 Å². The van der Waals surface area contributed by atoms with Gasteiger partial charge in [-0.15, -0.1) is 0 Å². The molecular formula is C15H14O6. The van der Waals surface area contributed by atoms with E-state index in [0.29, 0.717) is 5.56 Å². The van der Waals surface area contributed by atoms with E-state index in [1.165, 1.54) is 18.2 Å². The average molecular weight is 290 g/mol. The number of aliphatic hydroxyl groups excluding tert-OH is 1. The summed E-state index contributed by atoms with van der Waals surface area (Å²) in [5.41, 5.74) is 0.416. The number of carbonyl (C=O) groups is 2. The number of hydrogen-bond acceptors (Lipinski definition) is 6. The van der Waals surface area contributed by atoms with Gasteiger partial charge in [-0.2, -0.15) is 0 Å². The van der Waals surface area contributed by atoms with Crippen molar-refractivity contribution >= 4 is 11.6 Å². The number of fused-ring (bicyclic) bond motifs is 1. The Balaban J connectivity index is 1.91. The van der Waals surface area contributed by atoms with Crippen molar-refractivity contribution in [3.63, 3.8) is 0 Å². The number of phenols is 2. The molecule has 0 aromatic heterocycles. The van der Waals surface area contributed by atoms with Crippen LogP contribution in [0.5, 0.6) is 17.2 Å². The van der Waals surface area contributed by atoms with Crippen LogP contribution in [0, 0.1) is 5.92 Å². The molecule has 0 fully saturated rings. The highest BCUT2D eigenvalue weighted by molar-refractivity contribution is 6.42. The number of Topliss-reactive ketones (excluding diaryl/α,β-unsaturated/α-hetero) is 1. The molecular weight excluding hydrogens is 276 g/mol. The van der Waals surface area contributed by atoms with Gasteiger partial charge in [0.25, 0.3) is 0 Å². The molecule has 1 aromatic rings. The van der Waals surface area contributed by atoms with Crippen LogP contribution in [0.15, 0.2) is 24.3 Å². The summed E-state index contributed by atoms with van der Waals surface area (Å²) in [5.74, 6) is -1.49. The summed E-state index contributed by atoms with van der Waals surface area (Å²) in [6, 6.07) is 2.53. The lowest BCUT2D eigenvalue weighted by atomic mass is 9.84. The summed E-state index contributed by atoms with van der Waals surface area (Å²) < 4.78 is 5.64. The van der Waals surface area contributed by atoms with Crippen molar-refractivity contribution in [2.24, 2.45) is 5.92 Å². The molecule has 110 valence electrons. The topological polar surface area (TPSA) is 104 Å². The molecule has 1 aromatic carbocycles. The van der Waals surface area contributed by atoms with Crippen LogP contribution in [0.3, 0.4) is 0 Å².